The predicted molar refractivity (Wildman–Crippen MR) is 153 cm³/mol. The van der Waals surface area contributed by atoms with E-state index in [0.717, 1.165) is 0 Å². The summed E-state index contributed by atoms with van der Waals surface area (Å²) in [5.41, 5.74) is 9.26. The molecule has 36 heavy (non-hydrogen) atoms. The number of hydrogen-bond donors (Lipinski definition) is 0. The minimum atomic E-state index is -0.131. The molecular formula is C35H25N. The van der Waals surface area contributed by atoms with Crippen molar-refractivity contribution < 1.29 is 0 Å². The van der Waals surface area contributed by atoms with Crippen LogP contribution in [-0.2, 0) is 5.41 Å². The first-order chi connectivity index (χ1) is 17.6. The fourth-order valence-corrected chi connectivity index (χ4v) is 6.79. The van der Waals surface area contributed by atoms with Crippen molar-refractivity contribution in [1.29, 1.82) is 0 Å². The third-order valence-electron chi connectivity index (χ3n) is 8.30. The molecule has 170 valence electrons. The van der Waals surface area contributed by atoms with E-state index in [0.29, 0.717) is 0 Å². The van der Waals surface area contributed by atoms with Crippen LogP contribution in [0.5, 0.6) is 0 Å². The molecule has 0 spiro atoms. The van der Waals surface area contributed by atoms with Crippen molar-refractivity contribution in [3.05, 3.63) is 126 Å². The highest BCUT2D eigenvalue weighted by Crippen LogP contribution is 2.54. The molecule has 1 aromatic heterocycles. The van der Waals surface area contributed by atoms with Crippen LogP contribution in [0.2, 0.25) is 0 Å². The Morgan fingerprint density at radius 3 is 2.00 bits per heavy atom. The normalized spacial score (nSPS) is 14.1. The molecule has 0 N–H and O–H groups in total. The van der Waals surface area contributed by atoms with E-state index < -0.39 is 0 Å². The maximum atomic E-state index is 2.51. The SMILES string of the molecule is CC1(C)c2c(ccc3ccccc23)-c2ccc3c4ccccc4n(-c4ccc5ccccc5c4)c3c21. The summed E-state index contributed by atoms with van der Waals surface area (Å²) in [5.74, 6) is 0. The fourth-order valence-electron chi connectivity index (χ4n) is 6.79. The molecule has 1 aliphatic carbocycles. The summed E-state index contributed by atoms with van der Waals surface area (Å²) in [6.45, 7) is 4.82. The first kappa shape index (κ1) is 19.9. The monoisotopic (exact) mass is 459 g/mol. The van der Waals surface area contributed by atoms with Crippen molar-refractivity contribution in [2.75, 3.05) is 0 Å². The smallest absolute Gasteiger partial charge is 0.0588 e. The molecule has 1 aliphatic rings. The summed E-state index contributed by atoms with van der Waals surface area (Å²) >= 11 is 0. The number of hydrogen-bond acceptors (Lipinski definition) is 0. The summed E-state index contributed by atoms with van der Waals surface area (Å²) in [6, 6.07) is 42.5. The number of nitrogens with zero attached hydrogens (tertiary/aromatic N) is 1. The van der Waals surface area contributed by atoms with Crippen molar-refractivity contribution in [3.63, 3.8) is 0 Å². The lowest BCUT2D eigenvalue weighted by molar-refractivity contribution is 0.670. The van der Waals surface area contributed by atoms with Gasteiger partial charge in [-0.2, -0.15) is 0 Å². The molecule has 0 aliphatic heterocycles. The summed E-state index contributed by atoms with van der Waals surface area (Å²) in [6.07, 6.45) is 0. The van der Waals surface area contributed by atoms with Crippen LogP contribution in [0.3, 0.4) is 0 Å². The van der Waals surface area contributed by atoms with Gasteiger partial charge in [0.2, 0.25) is 0 Å². The van der Waals surface area contributed by atoms with Gasteiger partial charge in [-0.25, -0.2) is 0 Å². The number of benzene rings is 6. The van der Waals surface area contributed by atoms with Crippen molar-refractivity contribution in [1.82, 2.24) is 4.57 Å². The maximum absolute atomic E-state index is 2.51. The van der Waals surface area contributed by atoms with Crippen LogP contribution in [0.25, 0.3) is 60.2 Å². The molecule has 0 bridgehead atoms. The molecule has 1 nitrogen and oxygen atoms in total. The van der Waals surface area contributed by atoms with Gasteiger partial charge in [-0.1, -0.05) is 111 Å². The van der Waals surface area contributed by atoms with Gasteiger partial charge in [-0.3, -0.25) is 0 Å². The van der Waals surface area contributed by atoms with Crippen LogP contribution < -0.4 is 0 Å². The highest BCUT2D eigenvalue weighted by molar-refractivity contribution is 6.14. The molecule has 0 atom stereocenters. The van der Waals surface area contributed by atoms with Gasteiger partial charge in [0.05, 0.1) is 11.0 Å². The standard InChI is InChI=1S/C35H25N/c1-35(2)32-26-12-6-5-10-23(26)16-18-28(32)29-19-20-30-27-13-7-8-14-31(27)36(34(30)33(29)35)25-17-15-22-9-3-4-11-24(22)21-25/h3-21H,1-2H3. The number of rotatable bonds is 1. The Balaban J connectivity index is 1.55. The van der Waals surface area contributed by atoms with Gasteiger partial charge in [0.1, 0.15) is 0 Å². The lowest BCUT2D eigenvalue weighted by atomic mass is 9.79. The summed E-state index contributed by atoms with van der Waals surface area (Å²) < 4.78 is 2.51. The predicted octanol–water partition coefficient (Wildman–Crippen LogP) is 9.40. The second kappa shape index (κ2) is 6.86. The average Bonchev–Trinajstić information content (AvgIpc) is 3.37. The third kappa shape index (κ3) is 2.45. The number of para-hydroxylation sites is 1. The Morgan fingerprint density at radius 1 is 0.500 bits per heavy atom. The van der Waals surface area contributed by atoms with E-state index in [1.54, 1.807) is 0 Å². The van der Waals surface area contributed by atoms with Gasteiger partial charge in [-0.15, -0.1) is 0 Å². The Kier molecular flexibility index (Phi) is 3.79. The Hall–Kier alpha value is -4.36. The third-order valence-corrected chi connectivity index (χ3v) is 8.30. The molecule has 0 saturated carbocycles. The van der Waals surface area contributed by atoms with Crippen LogP contribution in [-0.4, -0.2) is 4.57 Å². The molecule has 0 radical (unpaired) electrons. The lowest BCUT2D eigenvalue weighted by Crippen LogP contribution is -2.17. The zero-order valence-electron chi connectivity index (χ0n) is 20.4. The van der Waals surface area contributed by atoms with Crippen LogP contribution in [0.15, 0.2) is 115 Å². The quantitative estimate of drug-likeness (QED) is 0.230. The molecule has 0 unspecified atom stereocenters. The molecule has 1 heteroatoms. The van der Waals surface area contributed by atoms with E-state index >= 15 is 0 Å². The molecule has 0 saturated heterocycles. The molecule has 1 heterocycles. The van der Waals surface area contributed by atoms with Crippen molar-refractivity contribution in [2.24, 2.45) is 0 Å². The Bertz CT molecular complexity index is 2020. The van der Waals surface area contributed by atoms with Gasteiger partial charge >= 0.3 is 0 Å². The van der Waals surface area contributed by atoms with E-state index in [2.05, 4.69) is 134 Å². The van der Waals surface area contributed by atoms with Gasteiger partial charge in [0, 0.05) is 21.9 Å². The first-order valence-electron chi connectivity index (χ1n) is 12.7. The van der Waals surface area contributed by atoms with Crippen molar-refractivity contribution in [2.45, 2.75) is 19.3 Å². The van der Waals surface area contributed by atoms with Gasteiger partial charge in [0.15, 0.2) is 0 Å². The van der Waals surface area contributed by atoms with E-state index in [4.69, 9.17) is 0 Å². The van der Waals surface area contributed by atoms with Gasteiger partial charge in [0.25, 0.3) is 0 Å². The van der Waals surface area contributed by atoms with Crippen molar-refractivity contribution >= 4 is 43.4 Å². The minimum absolute atomic E-state index is 0.131. The summed E-state index contributed by atoms with van der Waals surface area (Å²) in [4.78, 5) is 0. The van der Waals surface area contributed by atoms with E-state index in [1.807, 2.05) is 0 Å². The molecule has 7 aromatic rings. The maximum Gasteiger partial charge on any atom is 0.0588 e. The van der Waals surface area contributed by atoms with Gasteiger partial charge in [-0.05, 0) is 62.0 Å². The zero-order chi connectivity index (χ0) is 24.0. The second-order valence-electron chi connectivity index (χ2n) is 10.6. The van der Waals surface area contributed by atoms with Crippen LogP contribution in [0.4, 0.5) is 0 Å². The van der Waals surface area contributed by atoms with Crippen LogP contribution >= 0.6 is 0 Å². The Labute approximate surface area is 210 Å². The highest BCUT2D eigenvalue weighted by atomic mass is 15.0. The fraction of sp³-hybridized carbons (Fsp3) is 0.0857. The lowest BCUT2D eigenvalue weighted by Gasteiger charge is -2.25. The van der Waals surface area contributed by atoms with Crippen molar-refractivity contribution in [3.8, 4) is 16.8 Å². The number of fused-ring (bicyclic) bond motifs is 10. The van der Waals surface area contributed by atoms with Gasteiger partial charge < -0.3 is 4.57 Å². The molecule has 8 rings (SSSR count). The number of aromatic nitrogens is 1. The Morgan fingerprint density at radius 2 is 1.14 bits per heavy atom. The summed E-state index contributed by atoms with van der Waals surface area (Å²) in [7, 11) is 0. The highest BCUT2D eigenvalue weighted by Gasteiger charge is 2.39. The topological polar surface area (TPSA) is 4.93 Å². The van der Waals surface area contributed by atoms with E-state index in [-0.39, 0.29) is 5.41 Å². The molecular weight excluding hydrogens is 434 g/mol. The van der Waals surface area contributed by atoms with Crippen LogP contribution in [0.1, 0.15) is 25.0 Å². The average molecular weight is 460 g/mol. The summed E-state index contributed by atoms with van der Waals surface area (Å²) in [5, 5.41) is 7.83. The molecule has 6 aromatic carbocycles. The largest absolute Gasteiger partial charge is 0.309 e. The first-order valence-corrected chi connectivity index (χ1v) is 12.7. The minimum Gasteiger partial charge on any atom is -0.309 e. The van der Waals surface area contributed by atoms with E-state index in [1.165, 1.54) is 71.3 Å². The zero-order valence-corrected chi connectivity index (χ0v) is 20.4. The molecule has 0 amide bonds. The molecule has 0 fully saturated rings. The second-order valence-corrected chi connectivity index (χ2v) is 10.6. The van der Waals surface area contributed by atoms with E-state index in [9.17, 15) is 0 Å². The van der Waals surface area contributed by atoms with Crippen LogP contribution in [0, 0.1) is 0 Å².